The molecule has 0 saturated carbocycles. The first-order valence-corrected chi connectivity index (χ1v) is 9.52. The van der Waals surface area contributed by atoms with Crippen LogP contribution >= 0.6 is 11.8 Å². The number of hydrogen-bond donors (Lipinski definition) is 1. The number of nitrogens with one attached hydrogen (secondary N) is 1. The Morgan fingerprint density at radius 1 is 1.19 bits per heavy atom. The van der Waals surface area contributed by atoms with Crippen molar-refractivity contribution in [3.05, 3.63) is 0 Å². The van der Waals surface area contributed by atoms with Gasteiger partial charge in [-0.15, -0.1) is 0 Å². The molecule has 0 aromatic heterocycles. The molecule has 0 bridgehead atoms. The minimum absolute atomic E-state index is 0.0122. The minimum atomic E-state index is -0.350. The summed E-state index contributed by atoms with van der Waals surface area (Å²) >= 11 is 1.88. The van der Waals surface area contributed by atoms with Gasteiger partial charge in [-0.05, 0) is 37.2 Å². The Kier molecular flexibility index (Phi) is 8.15. The number of amides is 2. The molecule has 0 aliphatic carbocycles. The van der Waals surface area contributed by atoms with E-state index >= 15 is 0 Å². The molecule has 122 valence electrons. The molecule has 2 unspecified atom stereocenters. The van der Waals surface area contributed by atoms with E-state index in [0.29, 0.717) is 13.0 Å². The van der Waals surface area contributed by atoms with Crippen molar-refractivity contribution in [2.24, 2.45) is 5.92 Å². The van der Waals surface area contributed by atoms with E-state index in [1.165, 1.54) is 18.6 Å². The van der Waals surface area contributed by atoms with Crippen LogP contribution in [0.25, 0.3) is 0 Å². The van der Waals surface area contributed by atoms with Crippen molar-refractivity contribution < 1.29 is 9.59 Å². The number of carbonyl (C=O) groups is 2. The van der Waals surface area contributed by atoms with E-state index in [9.17, 15) is 9.59 Å². The first-order chi connectivity index (χ1) is 10.0. The predicted molar refractivity (Wildman–Crippen MR) is 89.4 cm³/mol. The Balaban J connectivity index is 2.53. The second-order valence-electron chi connectivity index (χ2n) is 6.09. The lowest BCUT2D eigenvalue weighted by molar-refractivity contribution is -0.150. The molecule has 4 nitrogen and oxygen atoms in total. The van der Waals surface area contributed by atoms with E-state index in [1.54, 1.807) is 0 Å². The molecule has 1 saturated heterocycles. The maximum Gasteiger partial charge on any atom is 0.246 e. The number of rotatable bonds is 9. The molecular weight excluding hydrogens is 284 g/mol. The third-order valence-corrected chi connectivity index (χ3v) is 4.77. The normalized spacial score (nSPS) is 22.8. The highest BCUT2D eigenvalue weighted by atomic mass is 32.2. The highest BCUT2D eigenvalue weighted by Crippen LogP contribution is 2.18. The summed E-state index contributed by atoms with van der Waals surface area (Å²) in [6.45, 7) is 6.65. The number of piperazine rings is 1. The van der Waals surface area contributed by atoms with Crippen molar-refractivity contribution >= 4 is 23.6 Å². The van der Waals surface area contributed by atoms with Gasteiger partial charge in [-0.3, -0.25) is 9.59 Å². The van der Waals surface area contributed by atoms with E-state index in [2.05, 4.69) is 11.6 Å². The molecule has 1 fully saturated rings. The van der Waals surface area contributed by atoms with Gasteiger partial charge < -0.3 is 10.2 Å². The molecule has 2 atom stereocenters. The smallest absolute Gasteiger partial charge is 0.246 e. The first kappa shape index (κ1) is 18.3. The van der Waals surface area contributed by atoms with Crippen molar-refractivity contribution in [3.63, 3.8) is 0 Å². The van der Waals surface area contributed by atoms with Gasteiger partial charge in [0.05, 0.1) is 0 Å². The van der Waals surface area contributed by atoms with Crippen molar-refractivity contribution in [3.8, 4) is 0 Å². The zero-order valence-corrected chi connectivity index (χ0v) is 14.7. The summed E-state index contributed by atoms with van der Waals surface area (Å²) in [4.78, 5) is 26.5. The van der Waals surface area contributed by atoms with Crippen molar-refractivity contribution in [2.75, 3.05) is 18.6 Å². The molecule has 0 aromatic carbocycles. The zero-order valence-electron chi connectivity index (χ0n) is 13.9. The molecule has 0 spiro atoms. The average Bonchev–Trinajstić information content (AvgIpc) is 2.45. The van der Waals surface area contributed by atoms with Crippen LogP contribution in [0.2, 0.25) is 0 Å². The highest BCUT2D eigenvalue weighted by Gasteiger charge is 2.40. The van der Waals surface area contributed by atoms with Gasteiger partial charge in [-0.2, -0.15) is 11.8 Å². The number of unbranched alkanes of at least 4 members (excludes halogenated alkanes) is 3. The van der Waals surface area contributed by atoms with Crippen LogP contribution in [0.3, 0.4) is 0 Å². The van der Waals surface area contributed by atoms with Gasteiger partial charge in [-0.1, -0.05) is 33.6 Å². The van der Waals surface area contributed by atoms with Crippen LogP contribution in [0.4, 0.5) is 0 Å². The Morgan fingerprint density at radius 3 is 2.43 bits per heavy atom. The number of hydrogen-bond acceptors (Lipinski definition) is 3. The van der Waals surface area contributed by atoms with E-state index in [-0.39, 0.29) is 29.8 Å². The average molecular weight is 314 g/mol. The molecule has 1 aliphatic rings. The summed E-state index contributed by atoms with van der Waals surface area (Å²) in [5.74, 6) is 1.46. The van der Waals surface area contributed by atoms with E-state index in [0.717, 1.165) is 12.8 Å². The Hall–Kier alpha value is -0.710. The maximum absolute atomic E-state index is 12.6. The fourth-order valence-electron chi connectivity index (χ4n) is 2.79. The highest BCUT2D eigenvalue weighted by molar-refractivity contribution is 7.98. The summed E-state index contributed by atoms with van der Waals surface area (Å²) in [5, 5.41) is 2.88. The van der Waals surface area contributed by atoms with E-state index in [1.807, 2.05) is 37.4 Å². The Labute approximate surface area is 133 Å². The molecule has 21 heavy (non-hydrogen) atoms. The summed E-state index contributed by atoms with van der Waals surface area (Å²) in [6.07, 6.45) is 7.39. The Bertz CT molecular complexity index is 347. The second kappa shape index (κ2) is 9.34. The number of carbonyl (C=O) groups excluding carboxylic acids is 2. The quantitative estimate of drug-likeness (QED) is 0.666. The summed E-state index contributed by atoms with van der Waals surface area (Å²) < 4.78 is 0. The van der Waals surface area contributed by atoms with Gasteiger partial charge >= 0.3 is 0 Å². The van der Waals surface area contributed by atoms with Crippen molar-refractivity contribution in [1.29, 1.82) is 0 Å². The fourth-order valence-corrected chi connectivity index (χ4v) is 3.28. The van der Waals surface area contributed by atoms with Gasteiger partial charge in [0.2, 0.25) is 11.8 Å². The van der Waals surface area contributed by atoms with E-state index < -0.39 is 0 Å². The fraction of sp³-hybridized carbons (Fsp3) is 0.875. The van der Waals surface area contributed by atoms with Gasteiger partial charge in [0.25, 0.3) is 0 Å². The zero-order chi connectivity index (χ0) is 15.8. The van der Waals surface area contributed by atoms with Crippen LogP contribution in [-0.2, 0) is 9.59 Å². The lowest BCUT2D eigenvalue weighted by Gasteiger charge is -2.40. The molecule has 2 amide bonds. The van der Waals surface area contributed by atoms with Gasteiger partial charge in [0, 0.05) is 6.54 Å². The third-order valence-electron chi connectivity index (χ3n) is 4.08. The van der Waals surface area contributed by atoms with Crippen molar-refractivity contribution in [2.45, 2.75) is 65.0 Å². The van der Waals surface area contributed by atoms with Crippen LogP contribution in [0.5, 0.6) is 0 Å². The van der Waals surface area contributed by atoms with E-state index in [4.69, 9.17) is 0 Å². The summed E-state index contributed by atoms with van der Waals surface area (Å²) in [5.41, 5.74) is 0. The topological polar surface area (TPSA) is 49.4 Å². The van der Waals surface area contributed by atoms with Crippen molar-refractivity contribution in [1.82, 2.24) is 10.2 Å². The van der Waals surface area contributed by atoms with Gasteiger partial charge in [-0.25, -0.2) is 0 Å². The SMILES string of the molecule is CCC1C(=O)NC(C(C)C)C(=O)N1CCCCCCSC. The van der Waals surface area contributed by atoms with Crippen LogP contribution < -0.4 is 5.32 Å². The second-order valence-corrected chi connectivity index (χ2v) is 7.08. The maximum atomic E-state index is 12.6. The first-order valence-electron chi connectivity index (χ1n) is 8.12. The van der Waals surface area contributed by atoms with Gasteiger partial charge in [0.15, 0.2) is 0 Å². The predicted octanol–water partition coefficient (Wildman–Crippen LogP) is 2.67. The molecule has 1 N–H and O–H groups in total. The molecule has 1 rings (SSSR count). The van der Waals surface area contributed by atoms with Crippen LogP contribution in [0.1, 0.15) is 52.9 Å². The van der Waals surface area contributed by atoms with Gasteiger partial charge in [0.1, 0.15) is 12.1 Å². The molecule has 1 heterocycles. The number of thioether (sulfide) groups is 1. The standard InChI is InChI=1S/C16H30N2O2S/c1-5-13-15(19)17-14(12(2)3)16(20)18(13)10-8-6-7-9-11-21-4/h12-14H,5-11H2,1-4H3,(H,17,19). The summed E-state index contributed by atoms with van der Waals surface area (Å²) in [7, 11) is 0. The molecule has 0 aromatic rings. The van der Waals surface area contributed by atoms with Crippen LogP contribution in [0.15, 0.2) is 0 Å². The molecule has 0 radical (unpaired) electrons. The Morgan fingerprint density at radius 2 is 1.86 bits per heavy atom. The lowest BCUT2D eigenvalue weighted by Crippen LogP contribution is -2.64. The monoisotopic (exact) mass is 314 g/mol. The van der Waals surface area contributed by atoms with Crippen LogP contribution in [0, 0.1) is 5.92 Å². The lowest BCUT2D eigenvalue weighted by atomic mass is 9.96. The third kappa shape index (κ3) is 5.20. The molecule has 5 heteroatoms. The number of nitrogens with zero attached hydrogens (tertiary/aromatic N) is 1. The summed E-state index contributed by atoms with van der Waals surface area (Å²) in [6, 6.07) is -0.629. The molecular formula is C16H30N2O2S. The van der Waals surface area contributed by atoms with Crippen LogP contribution in [-0.4, -0.2) is 47.4 Å². The minimum Gasteiger partial charge on any atom is -0.342 e. The largest absolute Gasteiger partial charge is 0.342 e. The molecule has 1 aliphatic heterocycles.